The molecule has 0 radical (unpaired) electrons. The van der Waals surface area contributed by atoms with E-state index >= 15 is 0 Å². The molecule has 1 saturated carbocycles. The molecule has 0 aromatic carbocycles. The third-order valence-corrected chi connectivity index (χ3v) is 3.21. The van der Waals surface area contributed by atoms with Crippen molar-refractivity contribution in [3.05, 3.63) is 36.0 Å². The second-order valence-corrected chi connectivity index (χ2v) is 4.07. The monoisotopic (exact) mass is 188 g/mol. The lowest BCUT2D eigenvalue weighted by Crippen LogP contribution is -2.17. The van der Waals surface area contributed by atoms with Crippen molar-refractivity contribution in [3.63, 3.8) is 0 Å². The van der Waals surface area contributed by atoms with Crippen molar-refractivity contribution in [3.8, 4) is 0 Å². The van der Waals surface area contributed by atoms with Crippen LogP contribution in [0.3, 0.4) is 0 Å². The lowest BCUT2D eigenvalue weighted by atomic mass is 9.87. The van der Waals surface area contributed by atoms with Crippen LogP contribution in [0.25, 0.3) is 0 Å². The zero-order chi connectivity index (χ0) is 10.0. The molecule has 0 aromatic heterocycles. The standard InChI is InChI=1S/C13H16O/c1-2-12(14)13(9-10-13)11-7-5-3-4-6-8-11/h3-7H,2,8-10H2,1H3. The van der Waals surface area contributed by atoms with Crippen LogP contribution < -0.4 is 0 Å². The minimum atomic E-state index is -0.0617. The highest BCUT2D eigenvalue weighted by Crippen LogP contribution is 2.54. The fourth-order valence-corrected chi connectivity index (χ4v) is 2.17. The van der Waals surface area contributed by atoms with Gasteiger partial charge in [0.2, 0.25) is 0 Å². The summed E-state index contributed by atoms with van der Waals surface area (Å²) in [4.78, 5) is 11.8. The quantitative estimate of drug-likeness (QED) is 0.664. The van der Waals surface area contributed by atoms with Crippen LogP contribution in [0.1, 0.15) is 32.6 Å². The van der Waals surface area contributed by atoms with E-state index in [-0.39, 0.29) is 5.41 Å². The SMILES string of the molecule is CCC(=O)C1(C2=CC=CC=CC2)CC1. The van der Waals surface area contributed by atoms with Crippen LogP contribution in [-0.2, 0) is 4.79 Å². The van der Waals surface area contributed by atoms with Crippen LogP contribution >= 0.6 is 0 Å². The molecule has 74 valence electrons. The van der Waals surface area contributed by atoms with E-state index in [2.05, 4.69) is 18.2 Å². The van der Waals surface area contributed by atoms with Crippen molar-refractivity contribution in [2.75, 3.05) is 0 Å². The first-order valence-electron chi connectivity index (χ1n) is 5.36. The molecule has 14 heavy (non-hydrogen) atoms. The lowest BCUT2D eigenvalue weighted by Gasteiger charge is -2.15. The molecule has 2 rings (SSSR count). The summed E-state index contributed by atoms with van der Waals surface area (Å²) in [5.74, 6) is 0.424. The van der Waals surface area contributed by atoms with Gasteiger partial charge in [-0.25, -0.2) is 0 Å². The van der Waals surface area contributed by atoms with Crippen LogP contribution in [0, 0.1) is 5.41 Å². The number of hydrogen-bond donors (Lipinski definition) is 0. The van der Waals surface area contributed by atoms with Crippen LogP contribution in [0.15, 0.2) is 36.0 Å². The first-order valence-corrected chi connectivity index (χ1v) is 5.36. The molecule has 1 heteroatoms. The van der Waals surface area contributed by atoms with Crippen molar-refractivity contribution in [2.24, 2.45) is 5.41 Å². The van der Waals surface area contributed by atoms with Gasteiger partial charge in [-0.15, -0.1) is 0 Å². The minimum Gasteiger partial charge on any atom is -0.299 e. The van der Waals surface area contributed by atoms with E-state index < -0.39 is 0 Å². The average Bonchev–Trinajstić information content (AvgIpc) is 3.01. The molecule has 0 amide bonds. The Balaban J connectivity index is 2.22. The zero-order valence-corrected chi connectivity index (χ0v) is 8.62. The van der Waals surface area contributed by atoms with Gasteiger partial charge in [0.25, 0.3) is 0 Å². The summed E-state index contributed by atoms with van der Waals surface area (Å²) < 4.78 is 0. The lowest BCUT2D eigenvalue weighted by molar-refractivity contribution is -0.122. The Kier molecular flexibility index (Phi) is 2.40. The molecule has 0 aliphatic heterocycles. The number of rotatable bonds is 3. The van der Waals surface area contributed by atoms with Crippen LogP contribution in [0.4, 0.5) is 0 Å². The number of allylic oxidation sites excluding steroid dienone is 6. The summed E-state index contributed by atoms with van der Waals surface area (Å²) in [6, 6.07) is 0. The van der Waals surface area contributed by atoms with Gasteiger partial charge in [-0.2, -0.15) is 0 Å². The summed E-state index contributed by atoms with van der Waals surface area (Å²) in [6.45, 7) is 1.96. The minimum absolute atomic E-state index is 0.0617. The van der Waals surface area contributed by atoms with E-state index in [1.807, 2.05) is 19.1 Å². The molecule has 0 spiro atoms. The van der Waals surface area contributed by atoms with Gasteiger partial charge in [-0.1, -0.05) is 42.9 Å². The Hall–Kier alpha value is -1.11. The second kappa shape index (κ2) is 3.56. The first-order chi connectivity index (χ1) is 6.79. The summed E-state index contributed by atoms with van der Waals surface area (Å²) in [7, 11) is 0. The molecular weight excluding hydrogens is 172 g/mol. The van der Waals surface area contributed by atoms with Gasteiger partial charge in [-0.05, 0) is 19.3 Å². The predicted octanol–water partition coefficient (Wildman–Crippen LogP) is 3.19. The van der Waals surface area contributed by atoms with Gasteiger partial charge in [0, 0.05) is 6.42 Å². The van der Waals surface area contributed by atoms with Crippen molar-refractivity contribution in [2.45, 2.75) is 32.6 Å². The Labute approximate surface area is 85.2 Å². The normalized spacial score (nSPS) is 22.8. The highest BCUT2D eigenvalue weighted by Gasteiger charge is 2.50. The smallest absolute Gasteiger partial charge is 0.142 e. The van der Waals surface area contributed by atoms with Crippen molar-refractivity contribution in [1.82, 2.24) is 0 Å². The van der Waals surface area contributed by atoms with Gasteiger partial charge in [0.05, 0.1) is 5.41 Å². The Morgan fingerprint density at radius 1 is 1.36 bits per heavy atom. The Morgan fingerprint density at radius 2 is 2.14 bits per heavy atom. The van der Waals surface area contributed by atoms with E-state index in [1.165, 1.54) is 5.57 Å². The summed E-state index contributed by atoms with van der Waals surface area (Å²) in [6.07, 6.45) is 14.1. The van der Waals surface area contributed by atoms with Crippen LogP contribution in [-0.4, -0.2) is 5.78 Å². The molecule has 0 aromatic rings. The van der Waals surface area contributed by atoms with E-state index in [9.17, 15) is 4.79 Å². The molecule has 0 unspecified atom stereocenters. The van der Waals surface area contributed by atoms with Crippen molar-refractivity contribution < 1.29 is 4.79 Å². The zero-order valence-electron chi connectivity index (χ0n) is 8.62. The molecule has 1 nitrogen and oxygen atoms in total. The van der Waals surface area contributed by atoms with E-state index in [4.69, 9.17) is 0 Å². The number of carbonyl (C=O) groups is 1. The Morgan fingerprint density at radius 3 is 2.79 bits per heavy atom. The molecule has 1 fully saturated rings. The highest BCUT2D eigenvalue weighted by molar-refractivity contribution is 5.90. The molecule has 0 heterocycles. The van der Waals surface area contributed by atoms with Crippen molar-refractivity contribution >= 4 is 5.78 Å². The average molecular weight is 188 g/mol. The van der Waals surface area contributed by atoms with Gasteiger partial charge >= 0.3 is 0 Å². The topological polar surface area (TPSA) is 17.1 Å². The third-order valence-electron chi connectivity index (χ3n) is 3.21. The van der Waals surface area contributed by atoms with Crippen LogP contribution in [0.2, 0.25) is 0 Å². The van der Waals surface area contributed by atoms with E-state index in [1.54, 1.807) is 0 Å². The summed E-state index contributed by atoms with van der Waals surface area (Å²) in [5, 5.41) is 0. The first kappa shape index (κ1) is 9.45. The second-order valence-electron chi connectivity index (χ2n) is 4.07. The van der Waals surface area contributed by atoms with Gasteiger partial charge < -0.3 is 0 Å². The predicted molar refractivity (Wildman–Crippen MR) is 57.9 cm³/mol. The van der Waals surface area contributed by atoms with Gasteiger partial charge in [0.1, 0.15) is 5.78 Å². The van der Waals surface area contributed by atoms with E-state index in [0.29, 0.717) is 12.2 Å². The summed E-state index contributed by atoms with van der Waals surface area (Å²) in [5.41, 5.74) is 1.25. The maximum Gasteiger partial charge on any atom is 0.142 e. The van der Waals surface area contributed by atoms with Gasteiger partial charge in [-0.3, -0.25) is 4.79 Å². The molecule has 0 saturated heterocycles. The molecule has 0 N–H and O–H groups in total. The number of hydrogen-bond acceptors (Lipinski definition) is 1. The molecular formula is C13H16O. The summed E-state index contributed by atoms with van der Waals surface area (Å²) >= 11 is 0. The third kappa shape index (κ3) is 1.47. The number of ketones is 1. The largest absolute Gasteiger partial charge is 0.299 e. The van der Waals surface area contributed by atoms with E-state index in [0.717, 1.165) is 19.3 Å². The molecule has 0 bridgehead atoms. The highest BCUT2D eigenvalue weighted by atomic mass is 16.1. The molecule has 2 aliphatic rings. The fraction of sp³-hybridized carbons (Fsp3) is 0.462. The fourth-order valence-electron chi connectivity index (χ4n) is 2.17. The van der Waals surface area contributed by atoms with Gasteiger partial charge in [0.15, 0.2) is 0 Å². The maximum absolute atomic E-state index is 11.8. The Bertz CT molecular complexity index is 327. The number of carbonyl (C=O) groups excluding carboxylic acids is 1. The van der Waals surface area contributed by atoms with Crippen molar-refractivity contribution in [1.29, 1.82) is 0 Å². The number of Topliss-reactive ketones (excluding diaryl/α,β-unsaturated/α-hetero) is 1. The maximum atomic E-state index is 11.8. The van der Waals surface area contributed by atoms with Crippen LogP contribution in [0.5, 0.6) is 0 Å². The molecule has 0 atom stereocenters. The molecule has 2 aliphatic carbocycles.